The zero-order valence-electron chi connectivity index (χ0n) is 12.1. The minimum atomic E-state index is -0.475. The Labute approximate surface area is 115 Å². The summed E-state index contributed by atoms with van der Waals surface area (Å²) >= 11 is 0. The van der Waals surface area contributed by atoms with E-state index in [-0.39, 0.29) is 5.56 Å². The van der Waals surface area contributed by atoms with E-state index in [4.69, 9.17) is 5.26 Å². The Kier molecular flexibility index (Phi) is 5.78. The summed E-state index contributed by atoms with van der Waals surface area (Å²) in [6, 6.07) is 7.47. The summed E-state index contributed by atoms with van der Waals surface area (Å²) in [6.07, 6.45) is 0. The molecule has 0 atom stereocenters. The summed E-state index contributed by atoms with van der Waals surface area (Å²) in [6.45, 7) is 10.2. The quantitative estimate of drug-likeness (QED) is 0.856. The normalized spacial score (nSPS) is 11.1. The molecule has 0 heterocycles. The van der Waals surface area contributed by atoms with Gasteiger partial charge in [0.1, 0.15) is 17.4 Å². The zero-order valence-corrected chi connectivity index (χ0v) is 12.1. The van der Waals surface area contributed by atoms with E-state index in [1.54, 1.807) is 12.1 Å². The van der Waals surface area contributed by atoms with Gasteiger partial charge >= 0.3 is 0 Å². The van der Waals surface area contributed by atoms with Gasteiger partial charge in [0.15, 0.2) is 0 Å². The van der Waals surface area contributed by atoms with Gasteiger partial charge in [-0.2, -0.15) is 5.26 Å². The van der Waals surface area contributed by atoms with Crippen LogP contribution >= 0.6 is 0 Å². The predicted octanol–water partition coefficient (Wildman–Crippen LogP) is 3.23. The van der Waals surface area contributed by atoms with Crippen molar-refractivity contribution in [1.29, 1.82) is 5.26 Å². The molecule has 0 spiro atoms. The molecule has 1 aromatic rings. The highest BCUT2D eigenvalue weighted by Gasteiger charge is 2.13. The third kappa shape index (κ3) is 4.22. The van der Waals surface area contributed by atoms with E-state index in [0.29, 0.717) is 24.3 Å². The van der Waals surface area contributed by atoms with Crippen molar-refractivity contribution in [3.05, 3.63) is 29.6 Å². The van der Waals surface area contributed by atoms with Gasteiger partial charge in [-0.15, -0.1) is 0 Å². The van der Waals surface area contributed by atoms with Gasteiger partial charge in [0.05, 0.1) is 5.69 Å². The Balaban J connectivity index is 2.63. The lowest BCUT2D eigenvalue weighted by atomic mass is 10.2. The van der Waals surface area contributed by atoms with Crippen LogP contribution in [0.25, 0.3) is 0 Å². The molecule has 1 rings (SSSR count). The van der Waals surface area contributed by atoms with Gasteiger partial charge < -0.3 is 5.32 Å². The van der Waals surface area contributed by atoms with Gasteiger partial charge in [-0.05, 0) is 39.8 Å². The molecule has 4 heteroatoms. The molecule has 0 aliphatic rings. The minimum Gasteiger partial charge on any atom is -0.383 e. The number of benzene rings is 1. The lowest BCUT2D eigenvalue weighted by molar-refractivity contribution is 0.182. The van der Waals surface area contributed by atoms with Crippen LogP contribution in [0.3, 0.4) is 0 Å². The Morgan fingerprint density at radius 2 is 1.89 bits per heavy atom. The molecule has 0 amide bonds. The molecular formula is C15H22FN3. The van der Waals surface area contributed by atoms with Gasteiger partial charge in [-0.25, -0.2) is 4.39 Å². The summed E-state index contributed by atoms with van der Waals surface area (Å²) in [7, 11) is 0. The Morgan fingerprint density at radius 3 is 2.42 bits per heavy atom. The number of nitrogens with zero attached hydrogens (tertiary/aromatic N) is 2. The van der Waals surface area contributed by atoms with Crippen LogP contribution in [-0.4, -0.2) is 30.1 Å². The smallest absolute Gasteiger partial charge is 0.143 e. The van der Waals surface area contributed by atoms with Crippen molar-refractivity contribution < 1.29 is 4.39 Å². The predicted molar refractivity (Wildman–Crippen MR) is 76.6 cm³/mol. The highest BCUT2D eigenvalue weighted by molar-refractivity contribution is 5.57. The zero-order chi connectivity index (χ0) is 14.4. The highest BCUT2D eigenvalue weighted by Crippen LogP contribution is 2.17. The van der Waals surface area contributed by atoms with Crippen molar-refractivity contribution in [3.8, 4) is 6.07 Å². The number of hydrogen-bond acceptors (Lipinski definition) is 3. The fourth-order valence-corrected chi connectivity index (χ4v) is 2.22. The molecule has 0 radical (unpaired) electrons. The van der Waals surface area contributed by atoms with Crippen LogP contribution in [0.2, 0.25) is 0 Å². The third-order valence-electron chi connectivity index (χ3n) is 3.14. The SMILES string of the molecule is CC(C)N(CCNc1cccc(F)c1C#N)C(C)C. The van der Waals surface area contributed by atoms with Crippen molar-refractivity contribution in [1.82, 2.24) is 4.90 Å². The first-order valence-corrected chi connectivity index (χ1v) is 6.65. The van der Waals surface area contributed by atoms with Crippen molar-refractivity contribution in [2.24, 2.45) is 0 Å². The summed E-state index contributed by atoms with van der Waals surface area (Å²) in [4.78, 5) is 2.35. The number of nitriles is 1. The van der Waals surface area contributed by atoms with E-state index in [9.17, 15) is 4.39 Å². The first-order chi connectivity index (χ1) is 8.97. The average molecular weight is 263 g/mol. The van der Waals surface area contributed by atoms with Crippen LogP contribution in [0.1, 0.15) is 33.3 Å². The van der Waals surface area contributed by atoms with E-state index in [0.717, 1.165) is 6.54 Å². The summed E-state index contributed by atoms with van der Waals surface area (Å²) in [5, 5.41) is 12.1. The number of hydrogen-bond donors (Lipinski definition) is 1. The molecule has 0 unspecified atom stereocenters. The number of nitrogens with one attached hydrogen (secondary N) is 1. The van der Waals surface area contributed by atoms with E-state index in [1.807, 2.05) is 6.07 Å². The standard InChI is InChI=1S/C15H22FN3/c1-11(2)19(12(3)4)9-8-18-15-7-5-6-14(16)13(15)10-17/h5-7,11-12,18H,8-9H2,1-4H3. The molecule has 1 aromatic carbocycles. The monoisotopic (exact) mass is 263 g/mol. The fourth-order valence-electron chi connectivity index (χ4n) is 2.22. The van der Waals surface area contributed by atoms with Gasteiger partial charge in [0, 0.05) is 25.2 Å². The van der Waals surface area contributed by atoms with E-state index < -0.39 is 5.82 Å². The first kappa shape index (κ1) is 15.5. The van der Waals surface area contributed by atoms with Gasteiger partial charge in [0.2, 0.25) is 0 Å². The summed E-state index contributed by atoms with van der Waals surface area (Å²) < 4.78 is 13.4. The van der Waals surface area contributed by atoms with E-state index in [2.05, 4.69) is 37.9 Å². The molecule has 0 saturated heterocycles. The Hall–Kier alpha value is -1.60. The minimum absolute atomic E-state index is 0.0862. The van der Waals surface area contributed by atoms with Crippen LogP contribution < -0.4 is 5.32 Å². The Bertz CT molecular complexity index is 441. The van der Waals surface area contributed by atoms with Crippen LogP contribution in [0.4, 0.5) is 10.1 Å². The topological polar surface area (TPSA) is 39.1 Å². The second-order valence-electron chi connectivity index (χ2n) is 5.13. The van der Waals surface area contributed by atoms with Crippen LogP contribution in [0.5, 0.6) is 0 Å². The molecular weight excluding hydrogens is 241 g/mol. The molecule has 0 fully saturated rings. The lowest BCUT2D eigenvalue weighted by Crippen LogP contribution is -2.40. The maximum absolute atomic E-state index is 13.4. The third-order valence-corrected chi connectivity index (χ3v) is 3.14. The fraction of sp³-hybridized carbons (Fsp3) is 0.533. The van der Waals surface area contributed by atoms with Crippen LogP contribution in [0.15, 0.2) is 18.2 Å². The van der Waals surface area contributed by atoms with Crippen molar-refractivity contribution >= 4 is 5.69 Å². The van der Waals surface area contributed by atoms with Gasteiger partial charge in [0.25, 0.3) is 0 Å². The van der Waals surface area contributed by atoms with Crippen molar-refractivity contribution in [2.45, 2.75) is 39.8 Å². The maximum atomic E-state index is 13.4. The van der Waals surface area contributed by atoms with Gasteiger partial charge in [-0.3, -0.25) is 4.90 Å². The molecule has 0 aliphatic carbocycles. The molecule has 0 aromatic heterocycles. The molecule has 0 aliphatic heterocycles. The molecule has 19 heavy (non-hydrogen) atoms. The van der Waals surface area contributed by atoms with Crippen LogP contribution in [-0.2, 0) is 0 Å². The van der Waals surface area contributed by atoms with Crippen LogP contribution in [0, 0.1) is 17.1 Å². The second-order valence-corrected chi connectivity index (χ2v) is 5.13. The lowest BCUT2D eigenvalue weighted by Gasteiger charge is -2.30. The number of rotatable bonds is 6. The summed E-state index contributed by atoms with van der Waals surface area (Å²) in [5.74, 6) is -0.475. The molecule has 3 nitrogen and oxygen atoms in total. The number of anilines is 1. The largest absolute Gasteiger partial charge is 0.383 e. The Morgan fingerprint density at radius 1 is 1.26 bits per heavy atom. The van der Waals surface area contributed by atoms with E-state index in [1.165, 1.54) is 6.07 Å². The molecule has 0 bridgehead atoms. The highest BCUT2D eigenvalue weighted by atomic mass is 19.1. The van der Waals surface area contributed by atoms with Crippen molar-refractivity contribution in [3.63, 3.8) is 0 Å². The average Bonchev–Trinajstić information content (AvgIpc) is 2.33. The molecule has 1 N–H and O–H groups in total. The number of halogens is 1. The van der Waals surface area contributed by atoms with Crippen molar-refractivity contribution in [2.75, 3.05) is 18.4 Å². The van der Waals surface area contributed by atoms with E-state index >= 15 is 0 Å². The first-order valence-electron chi connectivity index (χ1n) is 6.65. The maximum Gasteiger partial charge on any atom is 0.143 e. The summed E-state index contributed by atoms with van der Waals surface area (Å²) in [5.41, 5.74) is 0.651. The second kappa shape index (κ2) is 7.10. The molecule has 104 valence electrons. The van der Waals surface area contributed by atoms with Gasteiger partial charge in [-0.1, -0.05) is 6.07 Å². The molecule has 0 saturated carbocycles.